The van der Waals surface area contributed by atoms with Crippen molar-refractivity contribution in [2.75, 3.05) is 5.32 Å². The van der Waals surface area contributed by atoms with Crippen molar-refractivity contribution in [3.8, 4) is 0 Å². The molecule has 1 aromatic carbocycles. The Morgan fingerprint density at radius 1 is 1.53 bits per heavy atom. The molecule has 5 heteroatoms. The van der Waals surface area contributed by atoms with E-state index in [4.69, 9.17) is 10.6 Å². The van der Waals surface area contributed by atoms with E-state index in [-0.39, 0.29) is 11.7 Å². The fourth-order valence-corrected chi connectivity index (χ4v) is 1.21. The van der Waals surface area contributed by atoms with Gasteiger partial charge in [-0.25, -0.2) is 0 Å². The van der Waals surface area contributed by atoms with E-state index in [9.17, 15) is 4.79 Å². The number of hydroxylamine groups is 1. The van der Waals surface area contributed by atoms with Gasteiger partial charge in [0.1, 0.15) is 5.84 Å². The molecular formula is C10H13N3O2. The summed E-state index contributed by atoms with van der Waals surface area (Å²) in [5, 5.41) is 18.3. The number of nitrogens with one attached hydrogen (secondary N) is 3. The number of amides is 1. The average Bonchev–Trinajstić information content (AvgIpc) is 2.17. The Balaban J connectivity index is 2.74. The minimum Gasteiger partial charge on any atom is -0.326 e. The summed E-state index contributed by atoms with van der Waals surface area (Å²) >= 11 is 0. The second-order valence-corrected chi connectivity index (χ2v) is 3.15. The minimum absolute atomic E-state index is 0.00924. The van der Waals surface area contributed by atoms with Crippen molar-refractivity contribution in [1.29, 1.82) is 5.41 Å². The fourth-order valence-electron chi connectivity index (χ4n) is 1.21. The van der Waals surface area contributed by atoms with E-state index in [2.05, 4.69) is 5.32 Å². The molecule has 4 N–H and O–H groups in total. The molecule has 0 aliphatic carbocycles. The molecule has 0 bridgehead atoms. The maximum atomic E-state index is 10.8. The van der Waals surface area contributed by atoms with Crippen molar-refractivity contribution in [3.05, 3.63) is 29.8 Å². The zero-order valence-corrected chi connectivity index (χ0v) is 8.37. The first-order chi connectivity index (χ1) is 7.11. The van der Waals surface area contributed by atoms with Crippen LogP contribution in [-0.4, -0.2) is 17.0 Å². The third-order valence-electron chi connectivity index (χ3n) is 1.76. The van der Waals surface area contributed by atoms with Gasteiger partial charge in [0, 0.05) is 19.0 Å². The summed E-state index contributed by atoms with van der Waals surface area (Å²) in [7, 11) is 0. The van der Waals surface area contributed by atoms with Crippen LogP contribution in [0.3, 0.4) is 0 Å². The number of carbonyl (C=O) groups is 1. The maximum absolute atomic E-state index is 10.8. The van der Waals surface area contributed by atoms with Crippen molar-refractivity contribution in [2.45, 2.75) is 13.3 Å². The lowest BCUT2D eigenvalue weighted by atomic mass is 10.1. The SMILES string of the molecule is CC(=O)Nc1cccc(CC(=N)NO)c1. The van der Waals surface area contributed by atoms with Crippen LogP contribution in [0.1, 0.15) is 12.5 Å². The number of rotatable bonds is 3. The van der Waals surface area contributed by atoms with Crippen molar-refractivity contribution in [2.24, 2.45) is 0 Å². The first kappa shape index (κ1) is 11.2. The lowest BCUT2D eigenvalue weighted by molar-refractivity contribution is -0.114. The Morgan fingerprint density at radius 2 is 2.27 bits per heavy atom. The number of carbonyl (C=O) groups excluding carboxylic acids is 1. The molecule has 0 spiro atoms. The fraction of sp³-hybridized carbons (Fsp3) is 0.200. The van der Waals surface area contributed by atoms with E-state index in [1.807, 2.05) is 6.07 Å². The highest BCUT2D eigenvalue weighted by Gasteiger charge is 2.00. The third-order valence-corrected chi connectivity index (χ3v) is 1.76. The molecule has 0 saturated heterocycles. The number of benzene rings is 1. The maximum Gasteiger partial charge on any atom is 0.221 e. The second kappa shape index (κ2) is 5.11. The third kappa shape index (κ3) is 3.78. The number of hydrogen-bond acceptors (Lipinski definition) is 3. The molecule has 0 heterocycles. The number of amidine groups is 1. The van der Waals surface area contributed by atoms with E-state index in [1.54, 1.807) is 23.7 Å². The molecule has 0 saturated carbocycles. The molecule has 1 aromatic rings. The Labute approximate surface area is 87.6 Å². The Kier molecular flexibility index (Phi) is 3.82. The van der Waals surface area contributed by atoms with Crippen LogP contribution >= 0.6 is 0 Å². The zero-order chi connectivity index (χ0) is 11.3. The van der Waals surface area contributed by atoms with Crippen LogP contribution in [0.2, 0.25) is 0 Å². The van der Waals surface area contributed by atoms with E-state index in [1.165, 1.54) is 6.92 Å². The van der Waals surface area contributed by atoms with Gasteiger partial charge in [-0.1, -0.05) is 12.1 Å². The molecular weight excluding hydrogens is 194 g/mol. The predicted octanol–water partition coefficient (Wildman–Crippen LogP) is 1.14. The summed E-state index contributed by atoms with van der Waals surface area (Å²) in [6, 6.07) is 7.12. The highest BCUT2D eigenvalue weighted by Crippen LogP contribution is 2.10. The van der Waals surface area contributed by atoms with Gasteiger partial charge >= 0.3 is 0 Å². The predicted molar refractivity (Wildman–Crippen MR) is 57.1 cm³/mol. The van der Waals surface area contributed by atoms with Gasteiger partial charge in [-0.15, -0.1) is 0 Å². The molecule has 0 fully saturated rings. The van der Waals surface area contributed by atoms with E-state index in [0.29, 0.717) is 12.1 Å². The molecule has 5 nitrogen and oxygen atoms in total. The van der Waals surface area contributed by atoms with E-state index >= 15 is 0 Å². The van der Waals surface area contributed by atoms with Crippen LogP contribution in [0, 0.1) is 5.41 Å². The van der Waals surface area contributed by atoms with Gasteiger partial charge in [0.2, 0.25) is 5.91 Å². The first-order valence-corrected chi connectivity index (χ1v) is 4.46. The molecule has 1 rings (SSSR count). The normalized spacial score (nSPS) is 9.47. The van der Waals surface area contributed by atoms with Crippen molar-refractivity contribution in [3.63, 3.8) is 0 Å². The molecule has 80 valence electrons. The Morgan fingerprint density at radius 3 is 2.87 bits per heavy atom. The van der Waals surface area contributed by atoms with Crippen LogP contribution in [0.5, 0.6) is 0 Å². The molecule has 0 unspecified atom stereocenters. The zero-order valence-electron chi connectivity index (χ0n) is 8.37. The first-order valence-electron chi connectivity index (χ1n) is 4.46. The van der Waals surface area contributed by atoms with Gasteiger partial charge in [-0.05, 0) is 17.7 Å². The van der Waals surface area contributed by atoms with Gasteiger partial charge in [-0.3, -0.25) is 20.9 Å². The van der Waals surface area contributed by atoms with E-state index in [0.717, 1.165) is 5.56 Å². The molecule has 0 radical (unpaired) electrons. The molecule has 0 aromatic heterocycles. The smallest absolute Gasteiger partial charge is 0.221 e. The van der Waals surface area contributed by atoms with Gasteiger partial charge in [-0.2, -0.15) is 0 Å². The van der Waals surface area contributed by atoms with Gasteiger partial charge in [0.05, 0.1) is 0 Å². The Hall–Kier alpha value is -1.88. The molecule has 0 aliphatic heterocycles. The van der Waals surface area contributed by atoms with Crippen molar-refractivity contribution >= 4 is 17.4 Å². The van der Waals surface area contributed by atoms with Crippen molar-refractivity contribution in [1.82, 2.24) is 5.48 Å². The summed E-state index contributed by atoms with van der Waals surface area (Å²) in [5.41, 5.74) is 3.30. The monoisotopic (exact) mass is 207 g/mol. The Bertz CT molecular complexity index is 377. The quantitative estimate of drug-likeness (QED) is 0.340. The summed E-state index contributed by atoms with van der Waals surface area (Å²) in [6.45, 7) is 1.43. The average molecular weight is 207 g/mol. The highest BCUT2D eigenvalue weighted by atomic mass is 16.5. The van der Waals surface area contributed by atoms with E-state index < -0.39 is 0 Å². The van der Waals surface area contributed by atoms with Crippen LogP contribution in [0.4, 0.5) is 5.69 Å². The number of anilines is 1. The standard InChI is InChI=1S/C10H13N3O2/c1-7(14)12-9-4-2-3-8(5-9)6-10(11)13-15/h2-5,15H,6H2,1H3,(H2,11,13)(H,12,14). The van der Waals surface area contributed by atoms with Crippen LogP contribution in [0.15, 0.2) is 24.3 Å². The van der Waals surface area contributed by atoms with Crippen LogP contribution < -0.4 is 10.8 Å². The summed E-state index contributed by atoms with van der Waals surface area (Å²) in [4.78, 5) is 10.8. The summed E-state index contributed by atoms with van der Waals surface area (Å²) in [5.74, 6) is -0.127. The molecule has 0 atom stereocenters. The van der Waals surface area contributed by atoms with Gasteiger partial charge in [0.15, 0.2) is 0 Å². The number of hydrogen-bond donors (Lipinski definition) is 4. The lowest BCUT2D eigenvalue weighted by Gasteiger charge is -2.05. The molecule has 15 heavy (non-hydrogen) atoms. The van der Waals surface area contributed by atoms with Crippen molar-refractivity contribution < 1.29 is 10.0 Å². The largest absolute Gasteiger partial charge is 0.326 e. The van der Waals surface area contributed by atoms with Gasteiger partial charge in [0.25, 0.3) is 0 Å². The van der Waals surface area contributed by atoms with Crippen LogP contribution in [0.25, 0.3) is 0 Å². The molecule has 0 aliphatic rings. The van der Waals surface area contributed by atoms with Gasteiger partial charge < -0.3 is 5.32 Å². The van der Waals surface area contributed by atoms with Crippen LogP contribution in [-0.2, 0) is 11.2 Å². The topological polar surface area (TPSA) is 85.2 Å². The highest BCUT2D eigenvalue weighted by molar-refractivity contribution is 5.89. The molecule has 1 amide bonds. The second-order valence-electron chi connectivity index (χ2n) is 3.15. The summed E-state index contributed by atoms with van der Waals surface area (Å²) in [6.07, 6.45) is 0.296. The summed E-state index contributed by atoms with van der Waals surface area (Å²) < 4.78 is 0. The minimum atomic E-state index is -0.137. The lowest BCUT2D eigenvalue weighted by Crippen LogP contribution is -2.19.